The fourth-order valence-electron chi connectivity index (χ4n) is 3.06. The second-order valence-corrected chi connectivity index (χ2v) is 5.71. The van der Waals surface area contributed by atoms with Gasteiger partial charge in [0.15, 0.2) is 0 Å². The lowest BCUT2D eigenvalue weighted by Crippen LogP contribution is -2.01. The first-order chi connectivity index (χ1) is 10.8. The van der Waals surface area contributed by atoms with Crippen LogP contribution in [0.25, 0.3) is 17.0 Å². The molecule has 1 aliphatic carbocycles. The normalized spacial score (nSPS) is 17.6. The van der Waals surface area contributed by atoms with E-state index in [4.69, 9.17) is 0 Å². The minimum atomic E-state index is -0.326. The summed E-state index contributed by atoms with van der Waals surface area (Å²) in [4.78, 5) is 11.3. The van der Waals surface area contributed by atoms with Crippen LogP contribution in [0.4, 0.5) is 0 Å². The molecule has 0 radical (unpaired) electrons. The van der Waals surface area contributed by atoms with Crippen molar-refractivity contribution in [3.63, 3.8) is 0 Å². The summed E-state index contributed by atoms with van der Waals surface area (Å²) in [5, 5.41) is 1.17. The predicted octanol–water partition coefficient (Wildman–Crippen LogP) is 4.18. The summed E-state index contributed by atoms with van der Waals surface area (Å²) >= 11 is 0. The largest absolute Gasteiger partial charge is 0.466 e. The molecule has 0 saturated heterocycles. The van der Waals surface area contributed by atoms with Gasteiger partial charge in [0.25, 0.3) is 0 Å². The highest BCUT2D eigenvalue weighted by Crippen LogP contribution is 2.26. The Hall–Kier alpha value is -2.29. The second-order valence-electron chi connectivity index (χ2n) is 5.71. The van der Waals surface area contributed by atoms with Crippen LogP contribution in [0.2, 0.25) is 0 Å². The fourth-order valence-corrected chi connectivity index (χ4v) is 3.06. The van der Waals surface area contributed by atoms with Crippen molar-refractivity contribution in [1.29, 1.82) is 0 Å². The predicted molar refractivity (Wildman–Crippen MR) is 89.5 cm³/mol. The van der Waals surface area contributed by atoms with Gasteiger partial charge in [-0.15, -0.1) is 0 Å². The van der Waals surface area contributed by atoms with E-state index in [1.54, 1.807) is 0 Å². The van der Waals surface area contributed by atoms with Crippen LogP contribution in [-0.4, -0.2) is 17.6 Å². The van der Waals surface area contributed by atoms with Crippen LogP contribution in [0.15, 0.2) is 48.7 Å². The molecule has 0 N–H and O–H groups in total. The van der Waals surface area contributed by atoms with Crippen LogP contribution < -0.4 is 0 Å². The van der Waals surface area contributed by atoms with Gasteiger partial charge in [-0.25, -0.2) is 4.79 Å². The Balaban J connectivity index is 1.84. The topological polar surface area (TPSA) is 31.2 Å². The molecule has 22 heavy (non-hydrogen) atoms. The maximum atomic E-state index is 11.3. The molecule has 1 aromatic heterocycles. The monoisotopic (exact) mass is 295 g/mol. The van der Waals surface area contributed by atoms with E-state index in [0.29, 0.717) is 5.92 Å². The van der Waals surface area contributed by atoms with Crippen molar-refractivity contribution in [2.24, 2.45) is 5.92 Å². The quantitative estimate of drug-likeness (QED) is 0.470. The van der Waals surface area contributed by atoms with Crippen LogP contribution in [0.5, 0.6) is 0 Å². The molecule has 1 heterocycles. The first kappa shape index (κ1) is 14.6. The molecule has 0 spiro atoms. The number of para-hydroxylation sites is 1. The summed E-state index contributed by atoms with van der Waals surface area (Å²) in [5.41, 5.74) is 2.27. The number of esters is 1. The number of hydrogen-bond donors (Lipinski definition) is 0. The van der Waals surface area contributed by atoms with Gasteiger partial charge in [-0.1, -0.05) is 30.4 Å². The summed E-state index contributed by atoms with van der Waals surface area (Å²) in [7, 11) is 1.39. The van der Waals surface area contributed by atoms with E-state index < -0.39 is 0 Å². The molecule has 114 valence electrons. The molecule has 0 bridgehead atoms. The molecule has 1 unspecified atom stereocenters. The highest BCUT2D eigenvalue weighted by atomic mass is 16.5. The van der Waals surface area contributed by atoms with Crippen molar-refractivity contribution in [3.05, 3.63) is 54.3 Å². The summed E-state index contributed by atoms with van der Waals surface area (Å²) in [6.45, 7) is 1.00. The number of methoxy groups -OCH3 is 1. The Kier molecular flexibility index (Phi) is 4.42. The highest BCUT2D eigenvalue weighted by Gasteiger charge is 2.11. The van der Waals surface area contributed by atoms with E-state index in [9.17, 15) is 4.79 Å². The molecule has 1 aliphatic rings. The van der Waals surface area contributed by atoms with Crippen LogP contribution >= 0.6 is 0 Å². The first-order valence-corrected chi connectivity index (χ1v) is 7.78. The number of hydrogen-bond acceptors (Lipinski definition) is 2. The zero-order chi connectivity index (χ0) is 15.4. The van der Waals surface area contributed by atoms with Crippen molar-refractivity contribution in [3.8, 4) is 0 Å². The Labute approximate surface area is 130 Å². The van der Waals surface area contributed by atoms with Crippen molar-refractivity contribution in [2.45, 2.75) is 25.8 Å². The third-order valence-electron chi connectivity index (χ3n) is 4.27. The van der Waals surface area contributed by atoms with Gasteiger partial charge in [0.1, 0.15) is 0 Å². The van der Waals surface area contributed by atoms with E-state index in [1.165, 1.54) is 36.9 Å². The number of benzene rings is 1. The fraction of sp³-hybridized carbons (Fsp3) is 0.316. The molecule has 2 aromatic rings. The minimum absolute atomic E-state index is 0.326. The van der Waals surface area contributed by atoms with E-state index in [-0.39, 0.29) is 5.97 Å². The third kappa shape index (κ3) is 3.14. The minimum Gasteiger partial charge on any atom is -0.466 e. The highest BCUT2D eigenvalue weighted by molar-refractivity contribution is 5.94. The van der Waals surface area contributed by atoms with Gasteiger partial charge in [-0.3, -0.25) is 0 Å². The number of carbonyl (C=O) groups excluding carboxylic acids is 1. The number of allylic oxidation sites excluding steroid dienone is 2. The third-order valence-corrected chi connectivity index (χ3v) is 4.27. The van der Waals surface area contributed by atoms with Crippen molar-refractivity contribution in [1.82, 2.24) is 4.57 Å². The number of aromatic nitrogens is 1. The molecule has 1 atom stereocenters. The number of carbonyl (C=O) groups is 1. The Morgan fingerprint density at radius 1 is 1.41 bits per heavy atom. The standard InChI is InChI=1S/C19H21NO2/c1-22-19(21)11-10-16-14-20(13-12-15-6-2-3-7-15)18-9-5-4-8-17(16)18/h2,4-6,8-11,14-15H,3,7,12-13H2,1H3. The van der Waals surface area contributed by atoms with Gasteiger partial charge >= 0.3 is 5.97 Å². The van der Waals surface area contributed by atoms with Crippen molar-refractivity contribution in [2.75, 3.05) is 7.11 Å². The average molecular weight is 295 g/mol. The average Bonchev–Trinajstić information content (AvgIpc) is 3.18. The SMILES string of the molecule is COC(=O)C=Cc1cn(CCC2C=CCC2)c2ccccc12. The summed E-state index contributed by atoms with van der Waals surface area (Å²) < 4.78 is 6.96. The van der Waals surface area contributed by atoms with Gasteiger partial charge in [0.2, 0.25) is 0 Å². The molecule has 0 amide bonds. The van der Waals surface area contributed by atoms with Crippen molar-refractivity contribution < 1.29 is 9.53 Å². The number of nitrogens with zero attached hydrogens (tertiary/aromatic N) is 1. The molecule has 3 rings (SSSR count). The van der Waals surface area contributed by atoms with Gasteiger partial charge in [0, 0.05) is 35.3 Å². The van der Waals surface area contributed by atoms with Gasteiger partial charge in [-0.05, 0) is 37.3 Å². The molecular weight excluding hydrogens is 274 g/mol. The van der Waals surface area contributed by atoms with E-state index in [0.717, 1.165) is 18.5 Å². The molecule has 0 aliphatic heterocycles. The zero-order valence-corrected chi connectivity index (χ0v) is 12.9. The van der Waals surface area contributed by atoms with Crippen LogP contribution in [0.1, 0.15) is 24.8 Å². The lowest BCUT2D eigenvalue weighted by molar-refractivity contribution is -0.134. The van der Waals surface area contributed by atoms with Crippen LogP contribution in [0, 0.1) is 5.92 Å². The number of rotatable bonds is 5. The molecule has 1 aromatic carbocycles. The maximum Gasteiger partial charge on any atom is 0.330 e. The molecule has 3 nitrogen and oxygen atoms in total. The number of aryl methyl sites for hydroxylation is 1. The number of ether oxygens (including phenoxy) is 1. The summed E-state index contributed by atoms with van der Waals surface area (Å²) in [5.74, 6) is 0.378. The first-order valence-electron chi connectivity index (χ1n) is 7.78. The molecule has 3 heteroatoms. The van der Waals surface area contributed by atoms with Crippen LogP contribution in [0.3, 0.4) is 0 Å². The van der Waals surface area contributed by atoms with Gasteiger partial charge in [0.05, 0.1) is 7.11 Å². The Bertz CT molecular complexity index is 724. The van der Waals surface area contributed by atoms with E-state index in [1.807, 2.05) is 12.1 Å². The smallest absolute Gasteiger partial charge is 0.330 e. The molecule has 0 fully saturated rings. The molecular formula is C19H21NO2. The zero-order valence-electron chi connectivity index (χ0n) is 12.9. The molecule has 0 saturated carbocycles. The maximum absolute atomic E-state index is 11.3. The van der Waals surface area contributed by atoms with Gasteiger partial charge in [-0.2, -0.15) is 0 Å². The van der Waals surface area contributed by atoms with Crippen molar-refractivity contribution >= 4 is 22.9 Å². The van der Waals surface area contributed by atoms with Crippen LogP contribution in [-0.2, 0) is 16.1 Å². The van der Waals surface area contributed by atoms with Gasteiger partial charge < -0.3 is 9.30 Å². The second kappa shape index (κ2) is 6.65. The lowest BCUT2D eigenvalue weighted by atomic mass is 10.1. The number of fused-ring (bicyclic) bond motifs is 1. The summed E-state index contributed by atoms with van der Waals surface area (Å²) in [6.07, 6.45) is 13.7. The lowest BCUT2D eigenvalue weighted by Gasteiger charge is -2.09. The van der Waals surface area contributed by atoms with E-state index >= 15 is 0 Å². The Morgan fingerprint density at radius 2 is 2.27 bits per heavy atom. The van der Waals surface area contributed by atoms with E-state index in [2.05, 4.69) is 45.9 Å². The summed E-state index contributed by atoms with van der Waals surface area (Å²) in [6, 6.07) is 8.32. The Morgan fingerprint density at radius 3 is 3.05 bits per heavy atom.